The minimum absolute atomic E-state index is 0.172. The molecule has 5 rings (SSSR count). The third kappa shape index (κ3) is 5.64. The van der Waals surface area contributed by atoms with Crippen LogP contribution in [0.2, 0.25) is 0 Å². The van der Waals surface area contributed by atoms with Gasteiger partial charge in [0.05, 0.1) is 17.0 Å². The van der Waals surface area contributed by atoms with Gasteiger partial charge in [0.1, 0.15) is 18.2 Å². The van der Waals surface area contributed by atoms with Crippen LogP contribution in [0.3, 0.4) is 0 Å². The number of benzene rings is 3. The van der Waals surface area contributed by atoms with Crippen molar-refractivity contribution in [1.29, 1.82) is 5.26 Å². The minimum Gasteiger partial charge on any atom is -0.480 e. The summed E-state index contributed by atoms with van der Waals surface area (Å²) in [5.41, 5.74) is 5.93. The summed E-state index contributed by atoms with van der Waals surface area (Å²) in [7, 11) is 0. The summed E-state index contributed by atoms with van der Waals surface area (Å²) in [6, 6.07) is 25.4. The molecule has 0 aliphatic carbocycles. The van der Waals surface area contributed by atoms with Crippen LogP contribution in [0.25, 0.3) is 33.6 Å². The number of allylic oxidation sites excluding steroid dienone is 3. The summed E-state index contributed by atoms with van der Waals surface area (Å²) in [5.74, 6) is -3.01. The van der Waals surface area contributed by atoms with Crippen molar-refractivity contribution in [3.8, 4) is 11.8 Å². The molecular weight excluding hydrogens is 538 g/mol. The number of fused-ring (bicyclic) bond motifs is 3. The normalized spacial score (nSPS) is 16.6. The first kappa shape index (κ1) is 29.3. The Balaban J connectivity index is 1.39. The first-order chi connectivity index (χ1) is 20.7. The first-order valence-corrected chi connectivity index (χ1v) is 14.4. The van der Waals surface area contributed by atoms with Crippen LogP contribution in [0.1, 0.15) is 50.7 Å². The molecule has 2 unspecified atom stereocenters. The van der Waals surface area contributed by atoms with Gasteiger partial charge in [-0.25, -0.2) is 0 Å². The molecule has 4 aromatic rings. The Morgan fingerprint density at radius 2 is 1.74 bits per heavy atom. The quantitative estimate of drug-likeness (QED) is 0.169. The van der Waals surface area contributed by atoms with Crippen LogP contribution in [0.5, 0.6) is 0 Å². The molecule has 2 atom stereocenters. The summed E-state index contributed by atoms with van der Waals surface area (Å²) in [6.07, 6.45) is 8.81. The average Bonchev–Trinajstić information content (AvgIpc) is 3.34. The van der Waals surface area contributed by atoms with Crippen LogP contribution < -0.4 is 0 Å². The van der Waals surface area contributed by atoms with E-state index < -0.39 is 30.2 Å². The fraction of sp³-hybridized carbons (Fsp3) is 0.222. The maximum absolute atomic E-state index is 12.9. The van der Waals surface area contributed by atoms with E-state index in [9.17, 15) is 19.6 Å². The molecule has 0 radical (unpaired) electrons. The number of aliphatic carboxylic acids is 1. The van der Waals surface area contributed by atoms with Crippen molar-refractivity contribution in [2.24, 2.45) is 5.92 Å². The Bertz CT molecular complexity index is 1870. The van der Waals surface area contributed by atoms with Crippen molar-refractivity contribution in [3.63, 3.8) is 0 Å². The number of nitriles is 1. The predicted octanol–water partition coefficient (Wildman–Crippen LogP) is 7.17. The van der Waals surface area contributed by atoms with Crippen LogP contribution >= 0.6 is 0 Å². The lowest BCUT2D eigenvalue weighted by molar-refractivity contribution is -0.153. The molecule has 2 amide bonds. The fourth-order valence-corrected chi connectivity index (χ4v) is 5.67. The van der Waals surface area contributed by atoms with Crippen molar-refractivity contribution in [2.45, 2.75) is 39.5 Å². The Morgan fingerprint density at radius 3 is 2.44 bits per heavy atom. The fourth-order valence-electron chi connectivity index (χ4n) is 5.67. The van der Waals surface area contributed by atoms with Crippen LogP contribution in [0.15, 0.2) is 96.1 Å². The molecule has 7 nitrogen and oxygen atoms in total. The molecule has 0 saturated carbocycles. The highest BCUT2D eigenvalue weighted by Gasteiger charge is 2.39. The molecule has 1 aliphatic rings. The molecule has 7 heteroatoms. The van der Waals surface area contributed by atoms with E-state index >= 15 is 0 Å². The zero-order valence-electron chi connectivity index (χ0n) is 24.4. The average molecular weight is 572 g/mol. The predicted molar refractivity (Wildman–Crippen MR) is 168 cm³/mol. The van der Waals surface area contributed by atoms with E-state index in [1.165, 1.54) is 10.9 Å². The Morgan fingerprint density at radius 1 is 1.02 bits per heavy atom. The second-order valence-corrected chi connectivity index (χ2v) is 10.9. The van der Waals surface area contributed by atoms with Gasteiger partial charge in [0.2, 0.25) is 5.91 Å². The van der Waals surface area contributed by atoms with E-state index in [-0.39, 0.29) is 12.0 Å². The van der Waals surface area contributed by atoms with Gasteiger partial charge in [-0.05, 0) is 72.7 Å². The van der Waals surface area contributed by atoms with Gasteiger partial charge in [-0.1, -0.05) is 74.5 Å². The van der Waals surface area contributed by atoms with Gasteiger partial charge < -0.3 is 9.67 Å². The zero-order chi connectivity index (χ0) is 30.7. The van der Waals surface area contributed by atoms with Gasteiger partial charge >= 0.3 is 5.97 Å². The third-order valence-corrected chi connectivity index (χ3v) is 8.28. The van der Waals surface area contributed by atoms with Gasteiger partial charge in [-0.15, -0.1) is 0 Å². The Kier molecular flexibility index (Phi) is 8.40. The van der Waals surface area contributed by atoms with E-state index in [0.29, 0.717) is 16.4 Å². The van der Waals surface area contributed by atoms with Crippen LogP contribution in [0, 0.1) is 17.2 Å². The molecule has 0 saturated heterocycles. The lowest BCUT2D eigenvalue weighted by Crippen LogP contribution is -2.48. The van der Waals surface area contributed by atoms with E-state index in [4.69, 9.17) is 5.11 Å². The molecule has 0 fully saturated rings. The number of hydrogen-bond acceptors (Lipinski definition) is 4. The third-order valence-electron chi connectivity index (χ3n) is 8.28. The molecule has 1 N–H and O–H groups in total. The van der Waals surface area contributed by atoms with Gasteiger partial charge in [-0.3, -0.25) is 19.3 Å². The number of carbonyl (C=O) groups is 3. The maximum Gasteiger partial charge on any atom is 0.323 e. The molecule has 1 aliphatic heterocycles. The van der Waals surface area contributed by atoms with E-state index in [1.807, 2.05) is 24.3 Å². The number of nitrogens with zero attached hydrogens (tertiary/aromatic N) is 3. The van der Waals surface area contributed by atoms with Gasteiger partial charge in [-0.2, -0.15) is 5.26 Å². The van der Waals surface area contributed by atoms with Crippen LogP contribution in [-0.2, 0) is 14.4 Å². The first-order valence-electron chi connectivity index (χ1n) is 14.4. The van der Waals surface area contributed by atoms with Crippen molar-refractivity contribution < 1.29 is 19.5 Å². The number of rotatable bonds is 9. The van der Waals surface area contributed by atoms with E-state index in [1.54, 1.807) is 13.0 Å². The van der Waals surface area contributed by atoms with Crippen LogP contribution in [0.4, 0.5) is 0 Å². The van der Waals surface area contributed by atoms with Crippen LogP contribution in [-0.4, -0.2) is 38.9 Å². The summed E-state index contributed by atoms with van der Waals surface area (Å²) in [5, 5.41) is 20.9. The highest BCUT2D eigenvalue weighted by molar-refractivity contribution is 6.13. The van der Waals surface area contributed by atoms with E-state index in [2.05, 4.69) is 85.1 Å². The van der Waals surface area contributed by atoms with Crippen molar-refractivity contribution in [1.82, 2.24) is 9.47 Å². The number of para-hydroxylation sites is 1. The van der Waals surface area contributed by atoms with Crippen molar-refractivity contribution >= 4 is 45.7 Å². The molecule has 3 aromatic carbocycles. The largest absolute Gasteiger partial charge is 0.480 e. The molecule has 43 heavy (non-hydrogen) atoms. The summed E-state index contributed by atoms with van der Waals surface area (Å²) < 4.78 is 2.30. The number of amides is 2. The monoisotopic (exact) mass is 571 g/mol. The molecule has 216 valence electrons. The summed E-state index contributed by atoms with van der Waals surface area (Å²) in [6.45, 7) is 5.26. The summed E-state index contributed by atoms with van der Waals surface area (Å²) >= 11 is 0. The Labute approximate surface area is 250 Å². The number of aromatic nitrogens is 1. The maximum atomic E-state index is 12.9. The highest BCUT2D eigenvalue weighted by atomic mass is 16.4. The second kappa shape index (κ2) is 12.3. The topological polar surface area (TPSA) is 103 Å². The van der Waals surface area contributed by atoms with Crippen molar-refractivity contribution in [2.75, 3.05) is 6.54 Å². The molecule has 0 spiro atoms. The number of imide groups is 1. The summed E-state index contributed by atoms with van der Waals surface area (Å²) in [4.78, 5) is 37.1. The van der Waals surface area contributed by atoms with Gasteiger partial charge in [0.25, 0.3) is 5.91 Å². The Hall–Kier alpha value is -5.22. The molecule has 0 bridgehead atoms. The van der Waals surface area contributed by atoms with Gasteiger partial charge in [0, 0.05) is 16.5 Å². The van der Waals surface area contributed by atoms with Crippen molar-refractivity contribution in [3.05, 3.63) is 107 Å². The standard InChI is InChI=1S/C36H33N3O4/c1-4-23(2)26-15-17-27(18-16-26)39-32-13-9-8-12-29(32)30-20-25(14-19-33(30)39)10-6-5-7-11-28-24(3)31(21-37)36(43)38(35(28)42)22-34(40)41/h5-10,12-20,23,28H,4,11,22H2,1-3H3,(H,40,41)/b7-5+,10-6+. The second-order valence-electron chi connectivity index (χ2n) is 10.9. The minimum atomic E-state index is -1.31. The lowest BCUT2D eigenvalue weighted by Gasteiger charge is -2.29. The molecule has 1 aromatic heterocycles. The van der Waals surface area contributed by atoms with E-state index in [0.717, 1.165) is 34.1 Å². The lowest BCUT2D eigenvalue weighted by atomic mass is 9.87. The SMILES string of the molecule is CCC(C)c1ccc(-n2c3ccccc3c3cc(/C=C/C=C/CC4C(=O)N(CC(=O)O)C(=O)C(C#N)=C4C)ccc32)cc1. The smallest absolute Gasteiger partial charge is 0.323 e. The highest BCUT2D eigenvalue weighted by Crippen LogP contribution is 2.33. The van der Waals surface area contributed by atoms with Gasteiger partial charge in [0.15, 0.2) is 0 Å². The number of carboxylic acids is 1. The number of carboxylic acid groups (broad SMARTS) is 1. The number of hydrogen-bond donors (Lipinski definition) is 1. The zero-order valence-corrected chi connectivity index (χ0v) is 24.4. The molecular formula is C36H33N3O4. The number of carbonyl (C=O) groups excluding carboxylic acids is 2. The molecule has 2 heterocycles.